The number of hydrogen-bond acceptors (Lipinski definition) is 1. The Kier molecular flexibility index (Phi) is 4.55. The highest BCUT2D eigenvalue weighted by Crippen LogP contribution is 2.45. The van der Waals surface area contributed by atoms with Crippen LogP contribution in [0.25, 0.3) is 6.08 Å². The molecule has 3 aromatic rings. The van der Waals surface area contributed by atoms with Crippen LogP contribution in [0.15, 0.2) is 90.7 Å². The molecule has 0 fully saturated rings. The fourth-order valence-electron chi connectivity index (χ4n) is 2.39. The number of rotatable bonds is 4. The second kappa shape index (κ2) is 6.76. The smallest absolute Gasteiger partial charge is 0.164 e. The molecule has 0 spiro atoms. The highest BCUT2D eigenvalue weighted by molar-refractivity contribution is 7.81. The van der Waals surface area contributed by atoms with Gasteiger partial charge in [0.25, 0.3) is 0 Å². The molecule has 1 nitrogen and oxygen atoms in total. The van der Waals surface area contributed by atoms with Gasteiger partial charge in [0.2, 0.25) is 0 Å². The Morgan fingerprint density at radius 2 is 1.22 bits per heavy atom. The topological polar surface area (TPSA) is 17.1 Å². The van der Waals surface area contributed by atoms with Gasteiger partial charge >= 0.3 is 0 Å². The Morgan fingerprint density at radius 1 is 0.696 bits per heavy atom. The summed E-state index contributed by atoms with van der Waals surface area (Å²) in [5.74, 6) is 1.41. The van der Waals surface area contributed by atoms with E-state index in [-0.39, 0.29) is 5.82 Å². The van der Waals surface area contributed by atoms with E-state index in [0.29, 0.717) is 5.30 Å². The first-order valence-electron chi connectivity index (χ1n) is 7.34. The first-order valence-corrected chi connectivity index (χ1v) is 9.12. The van der Waals surface area contributed by atoms with Gasteiger partial charge in [-0.05, 0) is 35.6 Å². The summed E-state index contributed by atoms with van der Waals surface area (Å²) in [7, 11) is -2.96. The molecule has 0 N–H and O–H groups in total. The van der Waals surface area contributed by atoms with Gasteiger partial charge in [0.05, 0.1) is 0 Å². The SMILES string of the molecule is O=P(/C=C\c1ccccc1)(c1ccccc1)c1ccc(F)cc1. The molecule has 3 aromatic carbocycles. The Bertz CT molecular complexity index is 840. The summed E-state index contributed by atoms with van der Waals surface area (Å²) in [5, 5.41) is 1.36. The molecule has 0 bridgehead atoms. The van der Waals surface area contributed by atoms with Crippen molar-refractivity contribution >= 4 is 23.8 Å². The van der Waals surface area contributed by atoms with Crippen LogP contribution in [-0.2, 0) is 4.57 Å². The average molecular weight is 322 g/mol. The van der Waals surface area contributed by atoms with E-state index in [1.807, 2.05) is 66.7 Å². The van der Waals surface area contributed by atoms with Crippen LogP contribution in [0.5, 0.6) is 0 Å². The Labute approximate surface area is 135 Å². The van der Waals surface area contributed by atoms with Crippen LogP contribution in [0, 0.1) is 5.82 Å². The summed E-state index contributed by atoms with van der Waals surface area (Å²) in [6, 6.07) is 24.9. The second-order valence-electron chi connectivity index (χ2n) is 5.20. The van der Waals surface area contributed by atoms with Crippen LogP contribution in [0.1, 0.15) is 5.56 Å². The van der Waals surface area contributed by atoms with Crippen molar-refractivity contribution in [1.82, 2.24) is 0 Å². The molecular weight excluding hydrogens is 306 g/mol. The molecule has 114 valence electrons. The third-order valence-corrected chi connectivity index (χ3v) is 6.33. The fourth-order valence-corrected chi connectivity index (χ4v) is 4.62. The summed E-state index contributed by atoms with van der Waals surface area (Å²) in [5.41, 5.74) is 0.978. The van der Waals surface area contributed by atoms with E-state index >= 15 is 0 Å². The summed E-state index contributed by atoms with van der Waals surface area (Å²) in [4.78, 5) is 0. The number of benzene rings is 3. The first kappa shape index (κ1) is 15.5. The lowest BCUT2D eigenvalue weighted by atomic mass is 10.2. The predicted octanol–water partition coefficient (Wildman–Crippen LogP) is 4.81. The second-order valence-corrected chi connectivity index (χ2v) is 7.84. The van der Waals surface area contributed by atoms with Gasteiger partial charge in [0, 0.05) is 10.6 Å². The van der Waals surface area contributed by atoms with E-state index in [9.17, 15) is 8.96 Å². The molecule has 3 heteroatoms. The predicted molar refractivity (Wildman–Crippen MR) is 95.2 cm³/mol. The van der Waals surface area contributed by atoms with E-state index in [1.165, 1.54) is 12.1 Å². The molecule has 0 aliphatic carbocycles. The summed E-state index contributed by atoms with van der Waals surface area (Å²) in [6.07, 6.45) is 1.86. The number of halogens is 1. The molecule has 1 atom stereocenters. The normalized spacial score (nSPS) is 13.8. The van der Waals surface area contributed by atoms with Crippen molar-refractivity contribution in [1.29, 1.82) is 0 Å². The fraction of sp³-hybridized carbons (Fsp3) is 0. The van der Waals surface area contributed by atoms with Gasteiger partial charge in [-0.2, -0.15) is 0 Å². The molecule has 0 saturated carbocycles. The Balaban J connectivity index is 2.09. The zero-order valence-electron chi connectivity index (χ0n) is 12.5. The molecule has 0 radical (unpaired) electrons. The van der Waals surface area contributed by atoms with Crippen molar-refractivity contribution in [3.8, 4) is 0 Å². The third-order valence-electron chi connectivity index (χ3n) is 3.63. The molecule has 1 unspecified atom stereocenters. The van der Waals surface area contributed by atoms with Crippen LogP contribution in [0.4, 0.5) is 4.39 Å². The Morgan fingerprint density at radius 3 is 1.83 bits per heavy atom. The molecule has 0 aromatic heterocycles. The Hall–Kier alpha value is -2.44. The van der Waals surface area contributed by atoms with Gasteiger partial charge < -0.3 is 4.57 Å². The van der Waals surface area contributed by atoms with E-state index in [1.54, 1.807) is 17.9 Å². The maximum Gasteiger partial charge on any atom is 0.164 e. The molecule has 0 amide bonds. The van der Waals surface area contributed by atoms with Crippen molar-refractivity contribution < 1.29 is 8.96 Å². The molecule has 23 heavy (non-hydrogen) atoms. The van der Waals surface area contributed by atoms with Crippen molar-refractivity contribution in [3.05, 3.63) is 102 Å². The van der Waals surface area contributed by atoms with Crippen molar-refractivity contribution in [2.75, 3.05) is 0 Å². The van der Waals surface area contributed by atoms with E-state index in [2.05, 4.69) is 0 Å². The minimum atomic E-state index is -2.96. The van der Waals surface area contributed by atoms with Crippen LogP contribution in [0.3, 0.4) is 0 Å². The summed E-state index contributed by atoms with van der Waals surface area (Å²) < 4.78 is 26.9. The molecule has 0 aliphatic heterocycles. The molecular formula is C20H16FOP. The average Bonchev–Trinajstić information content (AvgIpc) is 2.62. The quantitative estimate of drug-likeness (QED) is 0.630. The summed E-state index contributed by atoms with van der Waals surface area (Å²) >= 11 is 0. The highest BCUT2D eigenvalue weighted by Gasteiger charge is 2.23. The lowest BCUT2D eigenvalue weighted by Gasteiger charge is -2.15. The van der Waals surface area contributed by atoms with Gasteiger partial charge in [-0.3, -0.25) is 0 Å². The van der Waals surface area contributed by atoms with Gasteiger partial charge in [0.1, 0.15) is 5.82 Å². The molecule has 3 rings (SSSR count). The highest BCUT2D eigenvalue weighted by atomic mass is 31.2. The monoisotopic (exact) mass is 322 g/mol. The van der Waals surface area contributed by atoms with Gasteiger partial charge in [-0.25, -0.2) is 4.39 Å². The first-order chi connectivity index (χ1) is 11.2. The van der Waals surface area contributed by atoms with Gasteiger partial charge in [-0.15, -0.1) is 0 Å². The zero-order chi connectivity index (χ0) is 16.1. The van der Waals surface area contributed by atoms with Crippen molar-refractivity contribution in [3.63, 3.8) is 0 Å². The molecule has 0 heterocycles. The van der Waals surface area contributed by atoms with Crippen LogP contribution < -0.4 is 10.6 Å². The van der Waals surface area contributed by atoms with Crippen LogP contribution >= 0.6 is 7.14 Å². The lowest BCUT2D eigenvalue weighted by Crippen LogP contribution is -2.14. The largest absolute Gasteiger partial charge is 0.309 e. The van der Waals surface area contributed by atoms with Crippen molar-refractivity contribution in [2.24, 2.45) is 0 Å². The van der Waals surface area contributed by atoms with E-state index in [4.69, 9.17) is 0 Å². The van der Waals surface area contributed by atoms with Crippen LogP contribution in [0.2, 0.25) is 0 Å². The minimum Gasteiger partial charge on any atom is -0.309 e. The van der Waals surface area contributed by atoms with E-state index in [0.717, 1.165) is 10.9 Å². The third kappa shape index (κ3) is 3.49. The van der Waals surface area contributed by atoms with Gasteiger partial charge in [0.15, 0.2) is 7.14 Å². The maximum atomic E-state index is 13.7. The molecule has 0 aliphatic rings. The molecule has 0 saturated heterocycles. The van der Waals surface area contributed by atoms with Crippen molar-refractivity contribution in [2.45, 2.75) is 0 Å². The van der Waals surface area contributed by atoms with Gasteiger partial charge in [-0.1, -0.05) is 66.7 Å². The number of hydrogen-bond donors (Lipinski definition) is 0. The maximum absolute atomic E-state index is 13.7. The lowest BCUT2D eigenvalue weighted by molar-refractivity contribution is 0.592. The van der Waals surface area contributed by atoms with Crippen LogP contribution in [-0.4, -0.2) is 0 Å². The standard InChI is InChI=1S/C20H16FOP/c21-18-11-13-20(14-12-18)23(22,19-9-5-2-6-10-19)16-15-17-7-3-1-4-8-17/h1-16H/b16-15-. The van der Waals surface area contributed by atoms with E-state index < -0.39 is 7.14 Å². The summed E-state index contributed by atoms with van der Waals surface area (Å²) in [6.45, 7) is 0. The zero-order valence-corrected chi connectivity index (χ0v) is 13.4. The minimum absolute atomic E-state index is 0.333.